The van der Waals surface area contributed by atoms with Gasteiger partial charge in [-0.25, -0.2) is 13.1 Å². The lowest BCUT2D eigenvalue weighted by atomic mass is 10.0. The van der Waals surface area contributed by atoms with Crippen LogP contribution in [0.25, 0.3) is 0 Å². The smallest absolute Gasteiger partial charge is 0.211 e. The number of nitrogens with one attached hydrogen (secondary N) is 2. The second kappa shape index (κ2) is 7.99. The number of hydrogen-bond acceptors (Lipinski definition) is 3. The molecule has 7 heteroatoms. The maximum atomic E-state index is 11.2. The van der Waals surface area contributed by atoms with Crippen molar-refractivity contribution in [3.8, 4) is 0 Å². The molecule has 0 aliphatic carbocycles. The van der Waals surface area contributed by atoms with Crippen LogP contribution >= 0.6 is 0 Å². The summed E-state index contributed by atoms with van der Waals surface area (Å²) < 4.78 is 24.9. The average molecular weight is 312 g/mol. The Morgan fingerprint density at radius 1 is 1.38 bits per heavy atom. The summed E-state index contributed by atoms with van der Waals surface area (Å²) in [6, 6.07) is 7.95. The van der Waals surface area contributed by atoms with Crippen LogP contribution in [0.15, 0.2) is 29.3 Å². The van der Waals surface area contributed by atoms with E-state index >= 15 is 0 Å². The molecular formula is C14H24N4O2S. The van der Waals surface area contributed by atoms with E-state index in [9.17, 15) is 8.42 Å². The van der Waals surface area contributed by atoms with Crippen LogP contribution in [0.2, 0.25) is 0 Å². The number of benzene rings is 1. The van der Waals surface area contributed by atoms with Gasteiger partial charge >= 0.3 is 0 Å². The van der Waals surface area contributed by atoms with E-state index in [-0.39, 0.29) is 18.3 Å². The Kier molecular flexibility index (Phi) is 6.64. The number of rotatable bonds is 7. The van der Waals surface area contributed by atoms with E-state index in [1.165, 1.54) is 5.56 Å². The summed E-state index contributed by atoms with van der Waals surface area (Å²) in [7, 11) is -3.17. The summed E-state index contributed by atoms with van der Waals surface area (Å²) in [5, 5.41) is 3.00. The Morgan fingerprint density at radius 3 is 2.71 bits per heavy atom. The lowest BCUT2D eigenvalue weighted by Gasteiger charge is -2.10. The zero-order chi connectivity index (χ0) is 15.9. The van der Waals surface area contributed by atoms with Gasteiger partial charge in [-0.3, -0.25) is 4.99 Å². The van der Waals surface area contributed by atoms with Crippen molar-refractivity contribution in [3.05, 3.63) is 29.8 Å². The molecular weight excluding hydrogens is 288 g/mol. The van der Waals surface area contributed by atoms with Crippen molar-refractivity contribution in [2.75, 3.05) is 24.2 Å². The van der Waals surface area contributed by atoms with E-state index in [0.29, 0.717) is 12.5 Å². The van der Waals surface area contributed by atoms with Crippen molar-refractivity contribution < 1.29 is 8.42 Å². The first-order valence-corrected chi connectivity index (χ1v) is 8.63. The fraction of sp³-hybridized carbons (Fsp3) is 0.500. The van der Waals surface area contributed by atoms with Crippen molar-refractivity contribution in [1.29, 1.82) is 0 Å². The van der Waals surface area contributed by atoms with Crippen molar-refractivity contribution >= 4 is 21.7 Å². The topological polar surface area (TPSA) is 96.6 Å². The highest BCUT2D eigenvalue weighted by Gasteiger charge is 2.04. The van der Waals surface area contributed by atoms with Gasteiger partial charge in [0.15, 0.2) is 5.96 Å². The minimum absolute atomic E-state index is 0.0619. The van der Waals surface area contributed by atoms with E-state index in [1.807, 2.05) is 18.2 Å². The fourth-order valence-corrected chi connectivity index (χ4v) is 2.25. The lowest BCUT2D eigenvalue weighted by molar-refractivity contribution is 0.583. The Morgan fingerprint density at radius 2 is 2.10 bits per heavy atom. The first-order chi connectivity index (χ1) is 9.84. The van der Waals surface area contributed by atoms with E-state index in [4.69, 9.17) is 5.73 Å². The molecule has 1 rings (SSSR count). The summed E-state index contributed by atoms with van der Waals surface area (Å²) in [6.45, 7) is 6.36. The third-order valence-corrected chi connectivity index (χ3v) is 4.33. The first kappa shape index (κ1) is 17.5. The summed E-state index contributed by atoms with van der Waals surface area (Å²) in [5.74, 6) is 0.770. The van der Waals surface area contributed by atoms with Crippen molar-refractivity contribution in [3.63, 3.8) is 0 Å². The molecule has 0 aliphatic rings. The monoisotopic (exact) mass is 312 g/mol. The number of guanidine groups is 1. The van der Waals surface area contributed by atoms with Crippen LogP contribution in [0.1, 0.15) is 32.3 Å². The third kappa shape index (κ3) is 6.59. The summed E-state index contributed by atoms with van der Waals surface area (Å²) in [4.78, 5) is 4.09. The van der Waals surface area contributed by atoms with Gasteiger partial charge in [-0.15, -0.1) is 0 Å². The van der Waals surface area contributed by atoms with Gasteiger partial charge in [0.1, 0.15) is 0 Å². The number of hydrogen-bond donors (Lipinski definition) is 3. The Balaban J connectivity index is 2.51. The molecule has 118 valence electrons. The van der Waals surface area contributed by atoms with Crippen LogP contribution in [0.5, 0.6) is 0 Å². The highest BCUT2D eigenvalue weighted by Crippen LogP contribution is 2.18. The first-order valence-electron chi connectivity index (χ1n) is 6.98. The van der Waals surface area contributed by atoms with E-state index in [2.05, 4.69) is 34.9 Å². The van der Waals surface area contributed by atoms with Gasteiger partial charge in [-0.05, 0) is 30.5 Å². The number of anilines is 1. The molecule has 1 aromatic carbocycles. The standard InChI is InChI=1S/C14H24N4O2S/c1-4-21(19,20)17-9-8-16-14(15)18-13-7-5-6-12(10-13)11(2)3/h5-7,10-11,17H,4,8-9H2,1-3H3,(H3,15,16,18). The third-order valence-electron chi connectivity index (χ3n) is 2.92. The normalized spacial score (nSPS) is 12.7. The largest absolute Gasteiger partial charge is 0.370 e. The van der Waals surface area contributed by atoms with Gasteiger partial charge in [-0.1, -0.05) is 26.0 Å². The molecule has 0 aromatic heterocycles. The molecule has 6 nitrogen and oxygen atoms in total. The Bertz CT molecular complexity index is 582. The zero-order valence-corrected chi connectivity index (χ0v) is 13.6. The molecule has 0 unspecified atom stereocenters. The van der Waals surface area contributed by atoms with Crippen LogP contribution in [-0.4, -0.2) is 33.2 Å². The highest BCUT2D eigenvalue weighted by atomic mass is 32.2. The molecule has 4 N–H and O–H groups in total. The van der Waals surface area contributed by atoms with Crippen LogP contribution < -0.4 is 15.8 Å². The Hall–Kier alpha value is -1.60. The molecule has 0 fully saturated rings. The van der Waals surface area contributed by atoms with Crippen LogP contribution in [-0.2, 0) is 10.0 Å². The van der Waals surface area contributed by atoms with E-state index in [0.717, 1.165) is 5.69 Å². The predicted molar refractivity (Wildman–Crippen MR) is 88.1 cm³/mol. The fourth-order valence-electron chi connectivity index (χ4n) is 1.64. The second-order valence-electron chi connectivity index (χ2n) is 4.97. The SMILES string of the molecule is CCS(=O)(=O)NCCN=C(N)Nc1cccc(C(C)C)c1. The van der Waals surface area contributed by atoms with Gasteiger partial charge in [0.05, 0.1) is 12.3 Å². The maximum Gasteiger partial charge on any atom is 0.211 e. The van der Waals surface area contributed by atoms with Gasteiger partial charge < -0.3 is 11.1 Å². The number of nitrogens with zero attached hydrogens (tertiary/aromatic N) is 1. The number of aliphatic imine (C=N–C) groups is 1. The zero-order valence-electron chi connectivity index (χ0n) is 12.8. The number of sulfonamides is 1. The van der Waals surface area contributed by atoms with Crippen LogP contribution in [0, 0.1) is 0 Å². The molecule has 0 amide bonds. The Labute approximate surface area is 126 Å². The molecule has 0 atom stereocenters. The van der Waals surface area contributed by atoms with Gasteiger partial charge in [-0.2, -0.15) is 0 Å². The van der Waals surface area contributed by atoms with E-state index in [1.54, 1.807) is 6.92 Å². The van der Waals surface area contributed by atoms with Crippen molar-refractivity contribution in [2.45, 2.75) is 26.7 Å². The quantitative estimate of drug-likeness (QED) is 0.403. The molecule has 0 spiro atoms. The molecule has 0 bridgehead atoms. The van der Waals surface area contributed by atoms with Crippen molar-refractivity contribution in [1.82, 2.24) is 4.72 Å². The van der Waals surface area contributed by atoms with Crippen LogP contribution in [0.3, 0.4) is 0 Å². The number of nitrogens with two attached hydrogens (primary N) is 1. The van der Waals surface area contributed by atoms with Gasteiger partial charge in [0.2, 0.25) is 10.0 Å². The molecule has 0 radical (unpaired) electrons. The van der Waals surface area contributed by atoms with E-state index < -0.39 is 10.0 Å². The van der Waals surface area contributed by atoms with Crippen molar-refractivity contribution in [2.24, 2.45) is 10.7 Å². The average Bonchev–Trinajstić information content (AvgIpc) is 2.44. The van der Waals surface area contributed by atoms with Gasteiger partial charge in [0.25, 0.3) is 0 Å². The molecule has 0 aliphatic heterocycles. The second-order valence-corrected chi connectivity index (χ2v) is 7.07. The minimum Gasteiger partial charge on any atom is -0.370 e. The molecule has 0 saturated heterocycles. The molecule has 1 aromatic rings. The highest BCUT2D eigenvalue weighted by molar-refractivity contribution is 7.89. The predicted octanol–water partition coefficient (Wildman–Crippen LogP) is 1.48. The van der Waals surface area contributed by atoms with Gasteiger partial charge in [0, 0.05) is 12.2 Å². The molecule has 0 heterocycles. The minimum atomic E-state index is -3.17. The van der Waals surface area contributed by atoms with Crippen LogP contribution in [0.4, 0.5) is 5.69 Å². The molecule has 0 saturated carbocycles. The summed E-state index contributed by atoms with van der Waals surface area (Å²) in [5.41, 5.74) is 7.86. The maximum absolute atomic E-state index is 11.2. The molecule has 21 heavy (non-hydrogen) atoms. The summed E-state index contributed by atoms with van der Waals surface area (Å²) in [6.07, 6.45) is 0. The lowest BCUT2D eigenvalue weighted by Crippen LogP contribution is -2.29. The summed E-state index contributed by atoms with van der Waals surface area (Å²) >= 11 is 0.